The van der Waals surface area contributed by atoms with Crippen molar-refractivity contribution >= 4 is 20.9 Å². The first-order chi connectivity index (χ1) is 12.3. The molecule has 1 aromatic heterocycles. The molecule has 0 spiro atoms. The van der Waals surface area contributed by atoms with Crippen molar-refractivity contribution in [3.05, 3.63) is 36.5 Å². The van der Waals surface area contributed by atoms with Crippen LogP contribution >= 0.6 is 0 Å². The monoisotopic (exact) mass is 388 g/mol. The van der Waals surface area contributed by atoms with Gasteiger partial charge in [0.05, 0.1) is 10.4 Å². The quantitative estimate of drug-likeness (QED) is 0.809. The molecule has 0 bridgehead atoms. The number of piperazine rings is 1. The first kappa shape index (κ1) is 19.0. The van der Waals surface area contributed by atoms with E-state index in [1.165, 1.54) is 23.2 Å². The Balaban J connectivity index is 1.83. The number of alkyl halides is 3. The predicted octanol–water partition coefficient (Wildman–Crippen LogP) is 1.35. The zero-order chi connectivity index (χ0) is 18.8. The lowest BCUT2D eigenvalue weighted by atomic mass is 10.2. The van der Waals surface area contributed by atoms with Crippen LogP contribution in [0.1, 0.15) is 0 Å². The zero-order valence-electron chi connectivity index (χ0n) is 13.8. The molecular formula is C16H19F3N4O2S. The minimum Gasteiger partial charge on any atom is -0.314 e. The number of rotatable bonds is 5. The average molecular weight is 388 g/mol. The highest BCUT2D eigenvalue weighted by atomic mass is 32.2. The highest BCUT2D eigenvalue weighted by Crippen LogP contribution is 2.26. The van der Waals surface area contributed by atoms with Crippen molar-refractivity contribution in [3.8, 4) is 0 Å². The molecule has 1 aliphatic heterocycles. The summed E-state index contributed by atoms with van der Waals surface area (Å²) in [6, 6.07) is 5.82. The minimum absolute atomic E-state index is 0.0793. The number of halogens is 3. The first-order valence-electron chi connectivity index (χ1n) is 8.14. The summed E-state index contributed by atoms with van der Waals surface area (Å²) in [4.78, 5) is 5.25. The highest BCUT2D eigenvalue weighted by Gasteiger charge is 2.44. The minimum atomic E-state index is -4.53. The van der Waals surface area contributed by atoms with Crippen LogP contribution in [-0.4, -0.2) is 63.2 Å². The van der Waals surface area contributed by atoms with Crippen molar-refractivity contribution in [2.45, 2.75) is 17.1 Å². The number of nitrogens with one attached hydrogen (secondary N) is 2. The molecular weight excluding hydrogens is 369 g/mol. The summed E-state index contributed by atoms with van der Waals surface area (Å²) in [5, 5.41) is 3.35. The van der Waals surface area contributed by atoms with Crippen molar-refractivity contribution in [1.82, 2.24) is 19.9 Å². The highest BCUT2D eigenvalue weighted by molar-refractivity contribution is 7.89. The van der Waals surface area contributed by atoms with Crippen LogP contribution in [0.5, 0.6) is 0 Å². The number of pyridine rings is 1. The summed E-state index contributed by atoms with van der Waals surface area (Å²) >= 11 is 0. The van der Waals surface area contributed by atoms with Gasteiger partial charge in [0.1, 0.15) is 6.04 Å². The van der Waals surface area contributed by atoms with E-state index in [1.54, 1.807) is 18.2 Å². The SMILES string of the molecule is O=S(=O)(NCC(N1CCNCC1)C(F)(F)F)c1cccc2ncccc12. The van der Waals surface area contributed by atoms with Crippen molar-refractivity contribution in [3.63, 3.8) is 0 Å². The Bertz CT molecular complexity index is 862. The fraction of sp³-hybridized carbons (Fsp3) is 0.438. The van der Waals surface area contributed by atoms with Crippen molar-refractivity contribution in [2.75, 3.05) is 32.7 Å². The molecule has 1 aromatic carbocycles. The van der Waals surface area contributed by atoms with E-state index in [2.05, 4.69) is 15.0 Å². The lowest BCUT2D eigenvalue weighted by molar-refractivity contribution is -0.182. The van der Waals surface area contributed by atoms with Gasteiger partial charge < -0.3 is 5.32 Å². The second-order valence-electron chi connectivity index (χ2n) is 6.02. The summed E-state index contributed by atoms with van der Waals surface area (Å²) in [5.41, 5.74) is 0.463. The molecule has 2 N–H and O–H groups in total. The molecule has 1 saturated heterocycles. The van der Waals surface area contributed by atoms with Gasteiger partial charge >= 0.3 is 6.18 Å². The number of sulfonamides is 1. The Kier molecular flexibility index (Phi) is 5.47. The van der Waals surface area contributed by atoms with Crippen LogP contribution in [0.2, 0.25) is 0 Å². The Morgan fingerprint density at radius 1 is 1.19 bits per heavy atom. The van der Waals surface area contributed by atoms with Crippen molar-refractivity contribution in [1.29, 1.82) is 0 Å². The molecule has 0 radical (unpaired) electrons. The van der Waals surface area contributed by atoms with E-state index < -0.39 is 28.8 Å². The van der Waals surface area contributed by atoms with E-state index in [4.69, 9.17) is 0 Å². The summed E-state index contributed by atoms with van der Waals surface area (Å²) < 4.78 is 67.7. The number of hydrogen-bond donors (Lipinski definition) is 2. The standard InChI is InChI=1S/C16H19F3N4O2S/c17-16(18,19)15(23-9-7-20-8-10-23)11-22-26(24,25)14-5-1-4-13-12(14)3-2-6-21-13/h1-6,15,20,22H,7-11H2. The van der Waals surface area contributed by atoms with Gasteiger partial charge in [-0.15, -0.1) is 0 Å². The molecule has 0 aliphatic carbocycles. The van der Waals surface area contributed by atoms with E-state index in [0.29, 0.717) is 24.0 Å². The van der Waals surface area contributed by atoms with Crippen LogP contribution in [0.4, 0.5) is 13.2 Å². The normalized spacial score (nSPS) is 18.1. The Morgan fingerprint density at radius 3 is 2.62 bits per heavy atom. The van der Waals surface area contributed by atoms with Crippen LogP contribution in [0.25, 0.3) is 10.9 Å². The van der Waals surface area contributed by atoms with E-state index in [0.717, 1.165) is 0 Å². The molecule has 0 saturated carbocycles. The molecule has 3 rings (SSSR count). The molecule has 10 heteroatoms. The molecule has 2 aromatic rings. The van der Waals surface area contributed by atoms with E-state index in [9.17, 15) is 21.6 Å². The topological polar surface area (TPSA) is 74.3 Å². The summed E-state index contributed by atoms with van der Waals surface area (Å²) in [6.45, 7) is 0.569. The Morgan fingerprint density at radius 2 is 1.92 bits per heavy atom. The van der Waals surface area contributed by atoms with Gasteiger partial charge in [0.25, 0.3) is 0 Å². The number of hydrogen-bond acceptors (Lipinski definition) is 5. The van der Waals surface area contributed by atoms with E-state index in [-0.39, 0.29) is 18.0 Å². The van der Waals surface area contributed by atoms with Crippen LogP contribution in [-0.2, 0) is 10.0 Å². The van der Waals surface area contributed by atoms with Crippen molar-refractivity contribution < 1.29 is 21.6 Å². The zero-order valence-corrected chi connectivity index (χ0v) is 14.6. The van der Waals surface area contributed by atoms with E-state index in [1.807, 2.05) is 0 Å². The summed E-state index contributed by atoms with van der Waals surface area (Å²) in [5.74, 6) is 0. The van der Waals surface area contributed by atoms with Crippen LogP contribution in [0, 0.1) is 0 Å². The second-order valence-corrected chi connectivity index (χ2v) is 7.76. The van der Waals surface area contributed by atoms with Crippen LogP contribution < -0.4 is 10.0 Å². The molecule has 1 unspecified atom stereocenters. The predicted molar refractivity (Wildman–Crippen MR) is 91.2 cm³/mol. The third-order valence-electron chi connectivity index (χ3n) is 4.33. The van der Waals surface area contributed by atoms with Gasteiger partial charge in [-0.05, 0) is 24.3 Å². The van der Waals surface area contributed by atoms with Gasteiger partial charge in [-0.3, -0.25) is 9.88 Å². The molecule has 1 atom stereocenters. The van der Waals surface area contributed by atoms with Gasteiger partial charge in [0.15, 0.2) is 0 Å². The van der Waals surface area contributed by atoms with Gasteiger partial charge in [-0.2, -0.15) is 13.2 Å². The molecule has 1 aliphatic rings. The third kappa shape index (κ3) is 4.14. The first-order valence-corrected chi connectivity index (χ1v) is 9.62. The summed E-state index contributed by atoms with van der Waals surface area (Å²) in [6.07, 6.45) is -3.00. The van der Waals surface area contributed by atoms with Gasteiger partial charge in [-0.1, -0.05) is 6.07 Å². The lowest BCUT2D eigenvalue weighted by Crippen LogP contribution is -2.57. The third-order valence-corrected chi connectivity index (χ3v) is 5.81. The average Bonchev–Trinajstić information content (AvgIpc) is 2.61. The van der Waals surface area contributed by atoms with Gasteiger partial charge in [0.2, 0.25) is 10.0 Å². The fourth-order valence-corrected chi connectivity index (χ4v) is 4.27. The Hall–Kier alpha value is -1.75. The number of aromatic nitrogens is 1. The molecule has 26 heavy (non-hydrogen) atoms. The van der Waals surface area contributed by atoms with E-state index >= 15 is 0 Å². The van der Waals surface area contributed by atoms with Gasteiger partial charge in [0, 0.05) is 44.3 Å². The van der Waals surface area contributed by atoms with Crippen LogP contribution in [0.3, 0.4) is 0 Å². The maximum atomic E-state index is 13.4. The summed E-state index contributed by atoms with van der Waals surface area (Å²) in [7, 11) is -4.11. The maximum Gasteiger partial charge on any atom is 0.405 e. The smallest absolute Gasteiger partial charge is 0.314 e. The molecule has 142 valence electrons. The molecule has 0 amide bonds. The number of fused-ring (bicyclic) bond motifs is 1. The second kappa shape index (κ2) is 7.47. The Labute approximate surface area is 149 Å². The largest absolute Gasteiger partial charge is 0.405 e. The molecule has 6 nitrogen and oxygen atoms in total. The van der Waals surface area contributed by atoms with Crippen LogP contribution in [0.15, 0.2) is 41.4 Å². The fourth-order valence-electron chi connectivity index (χ4n) is 3.02. The lowest BCUT2D eigenvalue weighted by Gasteiger charge is -2.35. The van der Waals surface area contributed by atoms with Crippen molar-refractivity contribution in [2.24, 2.45) is 0 Å². The number of nitrogens with zero attached hydrogens (tertiary/aromatic N) is 2. The molecule has 2 heterocycles. The number of benzene rings is 1. The van der Waals surface area contributed by atoms with Gasteiger partial charge in [-0.25, -0.2) is 13.1 Å². The molecule has 1 fully saturated rings. The maximum absolute atomic E-state index is 13.4.